The van der Waals surface area contributed by atoms with Gasteiger partial charge in [-0.15, -0.1) is 0 Å². The fourth-order valence-corrected chi connectivity index (χ4v) is 2.25. The van der Waals surface area contributed by atoms with E-state index in [0.29, 0.717) is 0 Å². The van der Waals surface area contributed by atoms with Crippen LogP contribution >= 0.6 is 0 Å². The Morgan fingerprint density at radius 1 is 1.54 bits per heavy atom. The maximum atomic E-state index is 12.0. The van der Waals surface area contributed by atoms with E-state index in [2.05, 4.69) is 10.3 Å². The van der Waals surface area contributed by atoms with Gasteiger partial charge in [-0.25, -0.2) is 4.79 Å². The summed E-state index contributed by atoms with van der Waals surface area (Å²) in [5.41, 5.74) is 4.46. The highest BCUT2D eigenvalue weighted by atomic mass is 16.5. The van der Waals surface area contributed by atoms with Gasteiger partial charge < -0.3 is 31.1 Å². The maximum Gasteiger partial charge on any atom is 0.351 e. The summed E-state index contributed by atoms with van der Waals surface area (Å²) in [6.45, 7) is -0.284. The molecule has 0 spiro atoms. The van der Waals surface area contributed by atoms with E-state index < -0.39 is 48.5 Å². The number of hydrogen-bond acceptors (Lipinski definition) is 8. The third-order valence-electron chi connectivity index (χ3n) is 3.46. The number of amides is 1. The minimum Gasteiger partial charge on any atom is -0.480 e. The Balaban J connectivity index is 2.06. The van der Waals surface area contributed by atoms with Crippen LogP contribution < -0.4 is 16.7 Å². The van der Waals surface area contributed by atoms with Gasteiger partial charge in [-0.2, -0.15) is 4.98 Å². The van der Waals surface area contributed by atoms with Crippen LogP contribution in [0.2, 0.25) is 0 Å². The molecule has 0 aliphatic carbocycles. The van der Waals surface area contributed by atoms with E-state index in [1.807, 2.05) is 0 Å². The molecule has 1 aliphatic heterocycles. The minimum atomic E-state index is -1.36. The second kappa shape index (κ2) is 7.49. The molecule has 6 N–H and O–H groups in total. The van der Waals surface area contributed by atoms with Gasteiger partial charge in [0.2, 0.25) is 5.91 Å². The number of nitrogens with one attached hydrogen (secondary N) is 1. The molecule has 4 atom stereocenters. The molecule has 132 valence electrons. The number of aliphatic hydroxyl groups is 2. The lowest BCUT2D eigenvalue weighted by Gasteiger charge is -2.17. The number of rotatable bonds is 6. The number of aliphatic carboxylic acids is 1. The Kier molecular flexibility index (Phi) is 5.62. The lowest BCUT2D eigenvalue weighted by atomic mass is 10.2. The van der Waals surface area contributed by atoms with E-state index in [4.69, 9.17) is 20.7 Å². The van der Waals surface area contributed by atoms with Crippen LogP contribution in [0.5, 0.6) is 0 Å². The number of carbonyl (C=O) groups is 2. The normalized spacial score (nSPS) is 24.5. The van der Waals surface area contributed by atoms with Crippen molar-refractivity contribution in [3.8, 4) is 0 Å². The Bertz CT molecular complexity index is 677. The Labute approximate surface area is 135 Å². The average Bonchev–Trinajstić information content (AvgIpc) is 2.88. The van der Waals surface area contributed by atoms with Gasteiger partial charge in [0.05, 0.1) is 19.1 Å². The molecule has 1 saturated heterocycles. The molecule has 24 heavy (non-hydrogen) atoms. The number of anilines is 1. The van der Waals surface area contributed by atoms with Crippen LogP contribution in [-0.4, -0.2) is 61.6 Å². The molecular formula is C13H18N4O7. The van der Waals surface area contributed by atoms with Crippen LogP contribution in [0.25, 0.3) is 0 Å². The molecule has 11 nitrogen and oxygen atoms in total. The van der Waals surface area contributed by atoms with E-state index in [-0.39, 0.29) is 18.8 Å². The second-order valence-corrected chi connectivity index (χ2v) is 5.33. The van der Waals surface area contributed by atoms with Gasteiger partial charge in [0.1, 0.15) is 18.0 Å². The van der Waals surface area contributed by atoms with Crippen LogP contribution in [-0.2, 0) is 14.3 Å². The number of nitrogens with zero attached hydrogens (tertiary/aromatic N) is 2. The molecule has 1 fully saturated rings. The number of ether oxygens (including phenoxy) is 1. The first-order valence-electron chi connectivity index (χ1n) is 7.13. The van der Waals surface area contributed by atoms with Gasteiger partial charge in [-0.05, 0) is 6.07 Å². The van der Waals surface area contributed by atoms with E-state index in [1.165, 1.54) is 12.3 Å². The summed E-state index contributed by atoms with van der Waals surface area (Å²) in [7, 11) is 0. The molecule has 1 aromatic heterocycles. The molecule has 2 unspecified atom stereocenters. The molecule has 2 rings (SSSR count). The van der Waals surface area contributed by atoms with Gasteiger partial charge >= 0.3 is 11.7 Å². The predicted molar refractivity (Wildman–Crippen MR) is 79.0 cm³/mol. The smallest absolute Gasteiger partial charge is 0.351 e. The average molecular weight is 342 g/mol. The van der Waals surface area contributed by atoms with Crippen molar-refractivity contribution in [3.05, 3.63) is 22.7 Å². The summed E-state index contributed by atoms with van der Waals surface area (Å²) >= 11 is 0. The predicted octanol–water partition coefficient (Wildman–Crippen LogP) is -2.38. The summed E-state index contributed by atoms with van der Waals surface area (Å²) in [4.78, 5) is 37.8. The molecule has 0 saturated carbocycles. The van der Waals surface area contributed by atoms with Crippen molar-refractivity contribution in [2.75, 3.05) is 11.9 Å². The fraction of sp³-hybridized carbons (Fsp3) is 0.538. The van der Waals surface area contributed by atoms with E-state index in [9.17, 15) is 19.5 Å². The van der Waals surface area contributed by atoms with E-state index >= 15 is 0 Å². The third-order valence-corrected chi connectivity index (χ3v) is 3.46. The number of carboxylic acids is 1. The lowest BCUT2D eigenvalue weighted by molar-refractivity contribution is -0.140. The largest absolute Gasteiger partial charge is 0.480 e. The summed E-state index contributed by atoms with van der Waals surface area (Å²) in [6.07, 6.45) is -1.55. The Morgan fingerprint density at radius 2 is 2.25 bits per heavy atom. The third kappa shape index (κ3) is 4.14. The van der Waals surface area contributed by atoms with Crippen LogP contribution in [0, 0.1) is 0 Å². The summed E-state index contributed by atoms with van der Waals surface area (Å²) in [6, 6.07) is -0.0590. The molecule has 1 aliphatic rings. The Morgan fingerprint density at radius 3 is 2.79 bits per heavy atom. The van der Waals surface area contributed by atoms with Crippen LogP contribution in [0.4, 0.5) is 5.82 Å². The first-order valence-corrected chi connectivity index (χ1v) is 7.13. The lowest BCUT2D eigenvalue weighted by Crippen LogP contribution is -2.35. The van der Waals surface area contributed by atoms with Gasteiger partial charge in [-0.1, -0.05) is 0 Å². The van der Waals surface area contributed by atoms with Gasteiger partial charge in [0, 0.05) is 12.6 Å². The van der Waals surface area contributed by atoms with Gasteiger partial charge in [0.25, 0.3) is 0 Å². The first kappa shape index (κ1) is 18.0. The zero-order valence-electron chi connectivity index (χ0n) is 12.5. The van der Waals surface area contributed by atoms with Crippen molar-refractivity contribution in [3.63, 3.8) is 0 Å². The second-order valence-electron chi connectivity index (χ2n) is 5.33. The van der Waals surface area contributed by atoms with Crippen molar-refractivity contribution >= 4 is 17.7 Å². The molecule has 2 heterocycles. The summed E-state index contributed by atoms with van der Waals surface area (Å²) in [5.74, 6) is -2.10. The maximum absolute atomic E-state index is 12.0. The molecule has 11 heteroatoms. The first-order chi connectivity index (χ1) is 11.3. The molecule has 1 amide bonds. The van der Waals surface area contributed by atoms with Crippen molar-refractivity contribution in [1.82, 2.24) is 9.55 Å². The summed E-state index contributed by atoms with van der Waals surface area (Å²) in [5, 5.41) is 29.8. The number of nitrogens with two attached hydrogens (primary N) is 1. The summed E-state index contributed by atoms with van der Waals surface area (Å²) < 4.78 is 6.38. The highest BCUT2D eigenvalue weighted by Gasteiger charge is 2.35. The molecule has 0 radical (unpaired) electrons. The SMILES string of the molecule is NC(CC(=O)Nc1ccn([C@@H]2O[C@H](CO)CC2O)c(=O)n1)C(=O)O. The Hall–Kier alpha value is -2.34. The number of hydrogen-bond donors (Lipinski definition) is 5. The van der Waals surface area contributed by atoms with Crippen molar-refractivity contribution in [1.29, 1.82) is 0 Å². The highest BCUT2D eigenvalue weighted by Crippen LogP contribution is 2.27. The van der Waals surface area contributed by atoms with Crippen LogP contribution in [0.1, 0.15) is 19.1 Å². The van der Waals surface area contributed by atoms with E-state index in [1.54, 1.807) is 0 Å². The zero-order chi connectivity index (χ0) is 17.9. The number of carbonyl (C=O) groups excluding carboxylic acids is 1. The van der Waals surface area contributed by atoms with Crippen LogP contribution in [0.15, 0.2) is 17.1 Å². The topological polar surface area (TPSA) is 177 Å². The number of carboxylic acid groups (broad SMARTS) is 1. The standard InChI is InChI=1S/C13H18N4O7/c14-7(12(21)22)4-10(20)15-9-1-2-17(13(23)16-9)11-8(19)3-6(5-18)24-11/h1-2,6-8,11,18-19H,3-5,14H2,(H,21,22)(H,15,16,20,23)/t6-,7?,8?,11+/m0/s1. The molecular weight excluding hydrogens is 324 g/mol. The van der Waals surface area contributed by atoms with Gasteiger partial charge in [0.15, 0.2) is 6.23 Å². The molecule has 0 aromatic carbocycles. The number of aromatic nitrogens is 2. The monoisotopic (exact) mass is 342 g/mol. The number of aliphatic hydroxyl groups excluding tert-OH is 2. The highest BCUT2D eigenvalue weighted by molar-refractivity contribution is 5.93. The van der Waals surface area contributed by atoms with Gasteiger partial charge in [-0.3, -0.25) is 14.2 Å². The van der Waals surface area contributed by atoms with Crippen molar-refractivity contribution in [2.45, 2.75) is 37.3 Å². The quantitative estimate of drug-likeness (QED) is 0.378. The van der Waals surface area contributed by atoms with Crippen LogP contribution in [0.3, 0.4) is 0 Å². The fourth-order valence-electron chi connectivity index (χ4n) is 2.25. The zero-order valence-corrected chi connectivity index (χ0v) is 12.5. The van der Waals surface area contributed by atoms with E-state index in [0.717, 1.165) is 4.57 Å². The van der Waals surface area contributed by atoms with Crippen molar-refractivity contribution < 1.29 is 29.6 Å². The molecule has 0 bridgehead atoms. The van der Waals surface area contributed by atoms with Crippen molar-refractivity contribution in [2.24, 2.45) is 5.73 Å². The minimum absolute atomic E-state index is 0.0787. The molecule has 1 aromatic rings.